The number of nitrogen functional groups attached to an aromatic ring is 1. The van der Waals surface area contributed by atoms with Crippen molar-refractivity contribution in [3.8, 4) is 0 Å². The van der Waals surface area contributed by atoms with E-state index in [2.05, 4.69) is 11.9 Å². The van der Waals surface area contributed by atoms with E-state index in [4.69, 9.17) is 5.73 Å². The van der Waals surface area contributed by atoms with Crippen LogP contribution in [0.5, 0.6) is 0 Å². The van der Waals surface area contributed by atoms with Gasteiger partial charge in [-0.2, -0.15) is 0 Å². The first-order chi connectivity index (χ1) is 8.22. The number of unbranched alkanes of at least 4 members (excludes halogenated alkanes) is 3. The third-order valence-electron chi connectivity index (χ3n) is 2.96. The van der Waals surface area contributed by atoms with Gasteiger partial charge < -0.3 is 5.73 Å². The lowest BCUT2D eigenvalue weighted by molar-refractivity contribution is 0.619. The predicted octanol–water partition coefficient (Wildman–Crippen LogP) is 3.18. The molecule has 0 spiro atoms. The number of aromatic nitrogens is 2. The molecule has 0 radical (unpaired) electrons. The molecule has 4 heteroatoms. The Labute approximate surface area is 100 Å². The van der Waals surface area contributed by atoms with Crippen LogP contribution in [-0.4, -0.2) is 9.38 Å². The SMILES string of the molecule is CCCCCCc1nc2ccc(F)cn2c1N. The number of rotatable bonds is 5. The van der Waals surface area contributed by atoms with E-state index in [-0.39, 0.29) is 5.82 Å². The number of hydrogen-bond acceptors (Lipinski definition) is 2. The minimum atomic E-state index is -0.292. The molecule has 0 bridgehead atoms. The van der Waals surface area contributed by atoms with Crippen LogP contribution in [0, 0.1) is 5.82 Å². The molecule has 0 saturated heterocycles. The lowest BCUT2D eigenvalue weighted by Gasteiger charge is -1.99. The molecule has 17 heavy (non-hydrogen) atoms. The molecule has 0 atom stereocenters. The minimum absolute atomic E-state index is 0.292. The van der Waals surface area contributed by atoms with Gasteiger partial charge in [0.05, 0.1) is 5.69 Å². The smallest absolute Gasteiger partial charge is 0.140 e. The summed E-state index contributed by atoms with van der Waals surface area (Å²) in [6.07, 6.45) is 6.98. The van der Waals surface area contributed by atoms with E-state index in [0.29, 0.717) is 5.82 Å². The van der Waals surface area contributed by atoms with Gasteiger partial charge in [0.2, 0.25) is 0 Å². The third kappa shape index (κ3) is 2.57. The zero-order valence-electron chi connectivity index (χ0n) is 10.1. The van der Waals surface area contributed by atoms with Gasteiger partial charge in [-0.15, -0.1) is 0 Å². The molecule has 2 aromatic heterocycles. The van der Waals surface area contributed by atoms with E-state index in [9.17, 15) is 4.39 Å². The Hall–Kier alpha value is -1.58. The number of nitrogens with two attached hydrogens (primary N) is 1. The monoisotopic (exact) mass is 235 g/mol. The van der Waals surface area contributed by atoms with Crippen LogP contribution >= 0.6 is 0 Å². The molecule has 0 aliphatic heterocycles. The summed E-state index contributed by atoms with van der Waals surface area (Å²) < 4.78 is 14.7. The largest absolute Gasteiger partial charge is 0.383 e. The fourth-order valence-electron chi connectivity index (χ4n) is 1.99. The highest BCUT2D eigenvalue weighted by Gasteiger charge is 2.09. The molecule has 2 N–H and O–H groups in total. The van der Waals surface area contributed by atoms with E-state index >= 15 is 0 Å². The Morgan fingerprint density at radius 1 is 1.29 bits per heavy atom. The maximum atomic E-state index is 13.1. The summed E-state index contributed by atoms with van der Waals surface area (Å²) in [4.78, 5) is 4.42. The molecule has 3 nitrogen and oxygen atoms in total. The zero-order chi connectivity index (χ0) is 12.3. The van der Waals surface area contributed by atoms with Gasteiger partial charge in [-0.05, 0) is 25.0 Å². The number of halogens is 1. The van der Waals surface area contributed by atoms with Crippen LogP contribution in [0.25, 0.3) is 5.65 Å². The molecule has 0 aromatic carbocycles. The van der Waals surface area contributed by atoms with Crippen molar-refractivity contribution >= 4 is 11.5 Å². The number of anilines is 1. The first-order valence-electron chi connectivity index (χ1n) is 6.14. The van der Waals surface area contributed by atoms with E-state index in [0.717, 1.165) is 24.2 Å². The van der Waals surface area contributed by atoms with Gasteiger partial charge >= 0.3 is 0 Å². The molecule has 0 aliphatic rings. The molecule has 0 unspecified atom stereocenters. The number of fused-ring (bicyclic) bond motifs is 1. The summed E-state index contributed by atoms with van der Waals surface area (Å²) in [5, 5.41) is 0. The number of aryl methyl sites for hydroxylation is 1. The van der Waals surface area contributed by atoms with Crippen LogP contribution in [0.3, 0.4) is 0 Å². The topological polar surface area (TPSA) is 43.3 Å². The molecular formula is C13H18FN3. The standard InChI is InChI=1S/C13H18FN3/c1-2-3-4-5-6-11-13(15)17-9-10(14)7-8-12(17)16-11/h7-9H,2-6,15H2,1H3. The van der Waals surface area contributed by atoms with Gasteiger partial charge in [-0.3, -0.25) is 4.40 Å². The second-order valence-corrected chi connectivity index (χ2v) is 4.33. The highest BCUT2D eigenvalue weighted by atomic mass is 19.1. The summed E-state index contributed by atoms with van der Waals surface area (Å²) in [6, 6.07) is 3.06. The summed E-state index contributed by atoms with van der Waals surface area (Å²) in [7, 11) is 0. The highest BCUT2D eigenvalue weighted by molar-refractivity contribution is 5.52. The van der Waals surface area contributed by atoms with Crippen molar-refractivity contribution in [3.05, 3.63) is 29.8 Å². The molecular weight excluding hydrogens is 217 g/mol. The van der Waals surface area contributed by atoms with Crippen molar-refractivity contribution in [2.45, 2.75) is 39.0 Å². The molecule has 2 rings (SSSR count). The fourth-order valence-corrected chi connectivity index (χ4v) is 1.99. The number of hydrogen-bond donors (Lipinski definition) is 1. The molecule has 0 amide bonds. The second kappa shape index (κ2) is 5.17. The first-order valence-corrected chi connectivity index (χ1v) is 6.14. The normalized spacial score (nSPS) is 11.2. The second-order valence-electron chi connectivity index (χ2n) is 4.33. The van der Waals surface area contributed by atoms with E-state index in [1.54, 1.807) is 10.5 Å². The van der Waals surface area contributed by atoms with Gasteiger partial charge in [0, 0.05) is 6.20 Å². The molecule has 0 saturated carbocycles. The molecule has 92 valence electrons. The summed E-state index contributed by atoms with van der Waals surface area (Å²) in [6.45, 7) is 2.18. The van der Waals surface area contributed by atoms with Crippen molar-refractivity contribution in [2.24, 2.45) is 0 Å². The Kier molecular flexibility index (Phi) is 3.61. The van der Waals surface area contributed by atoms with Crippen LogP contribution in [0.2, 0.25) is 0 Å². The summed E-state index contributed by atoms with van der Waals surface area (Å²) in [5.74, 6) is 0.273. The number of nitrogens with zero attached hydrogens (tertiary/aromatic N) is 2. The molecule has 0 aliphatic carbocycles. The number of imidazole rings is 1. The quantitative estimate of drug-likeness (QED) is 0.809. The first kappa shape index (κ1) is 11.9. The molecule has 2 heterocycles. The van der Waals surface area contributed by atoms with Gasteiger partial charge in [-0.25, -0.2) is 9.37 Å². The van der Waals surface area contributed by atoms with Gasteiger partial charge in [0.1, 0.15) is 17.3 Å². The van der Waals surface area contributed by atoms with Gasteiger partial charge in [0.25, 0.3) is 0 Å². The Morgan fingerprint density at radius 3 is 2.88 bits per heavy atom. The van der Waals surface area contributed by atoms with Crippen molar-refractivity contribution < 1.29 is 4.39 Å². The van der Waals surface area contributed by atoms with E-state index in [1.807, 2.05) is 0 Å². The van der Waals surface area contributed by atoms with Crippen LogP contribution in [0.1, 0.15) is 38.3 Å². The lowest BCUT2D eigenvalue weighted by atomic mass is 10.1. The zero-order valence-corrected chi connectivity index (χ0v) is 10.1. The molecule has 2 aromatic rings. The van der Waals surface area contributed by atoms with Crippen molar-refractivity contribution in [1.29, 1.82) is 0 Å². The maximum Gasteiger partial charge on any atom is 0.140 e. The van der Waals surface area contributed by atoms with Crippen LogP contribution in [-0.2, 0) is 6.42 Å². The Bertz CT molecular complexity index is 505. The average molecular weight is 235 g/mol. The molecule has 0 fully saturated rings. The fraction of sp³-hybridized carbons (Fsp3) is 0.462. The highest BCUT2D eigenvalue weighted by Crippen LogP contribution is 2.18. The van der Waals surface area contributed by atoms with E-state index in [1.165, 1.54) is 31.5 Å². The van der Waals surface area contributed by atoms with E-state index < -0.39 is 0 Å². The maximum absolute atomic E-state index is 13.1. The predicted molar refractivity (Wildman–Crippen MR) is 67.4 cm³/mol. The van der Waals surface area contributed by atoms with Crippen LogP contribution in [0.15, 0.2) is 18.3 Å². The van der Waals surface area contributed by atoms with Crippen molar-refractivity contribution in [1.82, 2.24) is 9.38 Å². The van der Waals surface area contributed by atoms with Crippen molar-refractivity contribution in [2.75, 3.05) is 5.73 Å². The summed E-state index contributed by atoms with van der Waals surface area (Å²) >= 11 is 0. The minimum Gasteiger partial charge on any atom is -0.383 e. The Morgan fingerprint density at radius 2 is 2.12 bits per heavy atom. The average Bonchev–Trinajstić information content (AvgIpc) is 2.62. The van der Waals surface area contributed by atoms with Gasteiger partial charge in [-0.1, -0.05) is 26.2 Å². The lowest BCUT2D eigenvalue weighted by Crippen LogP contribution is -1.97. The number of pyridine rings is 1. The van der Waals surface area contributed by atoms with Gasteiger partial charge in [0.15, 0.2) is 0 Å². The van der Waals surface area contributed by atoms with Crippen LogP contribution in [0.4, 0.5) is 10.2 Å². The van der Waals surface area contributed by atoms with Crippen molar-refractivity contribution in [3.63, 3.8) is 0 Å². The Balaban J connectivity index is 2.15. The van der Waals surface area contributed by atoms with Crippen LogP contribution < -0.4 is 5.73 Å². The summed E-state index contributed by atoms with van der Waals surface area (Å²) in [5.41, 5.74) is 7.55. The third-order valence-corrected chi connectivity index (χ3v) is 2.96.